The van der Waals surface area contributed by atoms with Crippen LogP contribution in [0.1, 0.15) is 44.1 Å². The van der Waals surface area contributed by atoms with Crippen molar-refractivity contribution in [1.82, 2.24) is 9.88 Å². The fraction of sp³-hybridized carbons (Fsp3) is 0.435. The third-order valence-electron chi connectivity index (χ3n) is 6.44. The maximum absolute atomic E-state index is 13.3. The number of ether oxygens (including phenoxy) is 1. The third kappa shape index (κ3) is 4.08. The number of thiazole rings is 1. The fourth-order valence-corrected chi connectivity index (χ4v) is 5.62. The van der Waals surface area contributed by atoms with Gasteiger partial charge in [-0.25, -0.2) is 4.98 Å². The van der Waals surface area contributed by atoms with Gasteiger partial charge in [-0.05, 0) is 24.5 Å². The number of nitrogens with zero attached hydrogens (tertiary/aromatic N) is 2. The summed E-state index contributed by atoms with van der Waals surface area (Å²) in [7, 11) is 0. The first-order chi connectivity index (χ1) is 15.1. The second-order valence-corrected chi connectivity index (χ2v) is 9.74. The lowest BCUT2D eigenvalue weighted by Gasteiger charge is -2.31. The van der Waals surface area contributed by atoms with Crippen molar-refractivity contribution < 1.29 is 14.3 Å². The normalized spacial score (nSPS) is 19.6. The van der Waals surface area contributed by atoms with Crippen molar-refractivity contribution in [2.75, 3.05) is 11.9 Å². The summed E-state index contributed by atoms with van der Waals surface area (Å²) in [4.78, 5) is 32.5. The van der Waals surface area contributed by atoms with Crippen LogP contribution in [-0.4, -0.2) is 34.3 Å². The molecule has 0 bridgehead atoms. The van der Waals surface area contributed by atoms with E-state index in [-0.39, 0.29) is 11.8 Å². The summed E-state index contributed by atoms with van der Waals surface area (Å²) in [5.41, 5.74) is 1.79. The summed E-state index contributed by atoms with van der Waals surface area (Å²) >= 11 is 7.73. The second kappa shape index (κ2) is 8.63. The molecule has 1 aromatic heterocycles. The van der Waals surface area contributed by atoms with Crippen LogP contribution in [0.15, 0.2) is 41.1 Å². The van der Waals surface area contributed by atoms with E-state index in [1.54, 1.807) is 11.1 Å². The predicted molar refractivity (Wildman–Crippen MR) is 120 cm³/mol. The Labute approximate surface area is 190 Å². The zero-order chi connectivity index (χ0) is 21.4. The molecule has 2 aliphatic heterocycles. The Morgan fingerprint density at radius 1 is 1.32 bits per heavy atom. The van der Waals surface area contributed by atoms with Gasteiger partial charge in [0.05, 0.1) is 0 Å². The molecule has 3 heterocycles. The number of carbonyl (C=O) groups is 2. The molecule has 0 spiro atoms. The molecule has 0 saturated heterocycles. The molecule has 1 aliphatic carbocycles. The van der Waals surface area contributed by atoms with E-state index in [0.717, 1.165) is 24.0 Å². The monoisotopic (exact) mass is 457 g/mol. The van der Waals surface area contributed by atoms with Crippen molar-refractivity contribution in [3.63, 3.8) is 0 Å². The average Bonchev–Trinajstić information content (AvgIpc) is 3.40. The largest absolute Gasteiger partial charge is 0.451 e. The van der Waals surface area contributed by atoms with Crippen molar-refractivity contribution in [2.45, 2.75) is 51.0 Å². The molecule has 162 valence electrons. The van der Waals surface area contributed by atoms with Crippen LogP contribution in [0.2, 0.25) is 5.02 Å². The summed E-state index contributed by atoms with van der Waals surface area (Å²) in [6.07, 6.45) is 8.72. The summed E-state index contributed by atoms with van der Waals surface area (Å²) < 4.78 is 5.97. The maximum atomic E-state index is 13.3. The van der Waals surface area contributed by atoms with E-state index >= 15 is 0 Å². The summed E-state index contributed by atoms with van der Waals surface area (Å²) in [6.45, 7) is 0.390. The van der Waals surface area contributed by atoms with Gasteiger partial charge in [0, 0.05) is 40.7 Å². The number of anilines is 1. The summed E-state index contributed by atoms with van der Waals surface area (Å²) in [5.74, 6) is 1.03. The number of nitrogens with one attached hydrogen (secondary N) is 1. The second-order valence-electron chi connectivity index (χ2n) is 8.44. The lowest BCUT2D eigenvalue weighted by molar-refractivity contribution is -0.135. The number of amides is 2. The molecule has 0 radical (unpaired) electrons. The van der Waals surface area contributed by atoms with Crippen LogP contribution in [0.4, 0.5) is 5.13 Å². The molecule has 8 heteroatoms. The number of carbonyl (C=O) groups excluding carboxylic acids is 2. The zero-order valence-electron chi connectivity index (χ0n) is 17.1. The molecule has 6 nitrogen and oxygen atoms in total. The molecule has 0 unspecified atom stereocenters. The van der Waals surface area contributed by atoms with Gasteiger partial charge in [-0.15, -0.1) is 11.3 Å². The van der Waals surface area contributed by atoms with E-state index in [1.807, 2.05) is 23.6 Å². The van der Waals surface area contributed by atoms with Crippen LogP contribution < -0.4 is 10.1 Å². The summed E-state index contributed by atoms with van der Waals surface area (Å²) in [6, 6.07) is 4.93. The first-order valence-electron chi connectivity index (χ1n) is 10.8. The van der Waals surface area contributed by atoms with E-state index in [9.17, 15) is 9.59 Å². The number of hydrogen-bond acceptors (Lipinski definition) is 5. The lowest BCUT2D eigenvalue weighted by Crippen LogP contribution is -2.47. The number of aromatic nitrogens is 1. The zero-order valence-corrected chi connectivity index (χ0v) is 18.7. The third-order valence-corrected chi connectivity index (χ3v) is 7.48. The maximum Gasteiger partial charge on any atom is 0.290 e. The first-order valence-corrected chi connectivity index (χ1v) is 12.0. The smallest absolute Gasteiger partial charge is 0.290 e. The van der Waals surface area contributed by atoms with Crippen molar-refractivity contribution in [2.24, 2.45) is 5.92 Å². The predicted octanol–water partition coefficient (Wildman–Crippen LogP) is 4.81. The topological polar surface area (TPSA) is 71.5 Å². The highest BCUT2D eigenvalue weighted by Crippen LogP contribution is 2.39. The van der Waals surface area contributed by atoms with Gasteiger partial charge in [0.1, 0.15) is 11.8 Å². The standard InChI is InChI=1S/C23H24ClN3O3S/c24-17-7-4-8-19-16(17)12-15-13-27(22(29)20(15)30-19)18(11-14-5-2-1-3-6-14)21(28)26-23-25-9-10-31-23/h4,7-10,14,18H,1-3,5-6,11-13H2,(H,25,26,28)/t18-/m0/s1. The van der Waals surface area contributed by atoms with Crippen molar-refractivity contribution in [3.8, 4) is 5.75 Å². The lowest BCUT2D eigenvalue weighted by atomic mass is 9.84. The van der Waals surface area contributed by atoms with Gasteiger partial charge < -0.3 is 15.0 Å². The van der Waals surface area contributed by atoms with Gasteiger partial charge in [0.2, 0.25) is 5.91 Å². The Bertz CT molecular complexity index is 1030. The molecule has 31 heavy (non-hydrogen) atoms. The number of halogens is 1. The molecular formula is C23H24ClN3O3S. The van der Waals surface area contributed by atoms with Gasteiger partial charge in [0.15, 0.2) is 10.9 Å². The van der Waals surface area contributed by atoms with Gasteiger partial charge in [-0.3, -0.25) is 9.59 Å². The quantitative estimate of drug-likeness (QED) is 0.699. The van der Waals surface area contributed by atoms with E-state index in [0.29, 0.717) is 47.0 Å². The highest BCUT2D eigenvalue weighted by molar-refractivity contribution is 7.13. The van der Waals surface area contributed by atoms with Crippen LogP contribution >= 0.6 is 22.9 Å². The highest BCUT2D eigenvalue weighted by atomic mass is 35.5. The minimum Gasteiger partial charge on any atom is -0.451 e. The van der Waals surface area contributed by atoms with Gasteiger partial charge >= 0.3 is 0 Å². The van der Waals surface area contributed by atoms with Gasteiger partial charge in [-0.2, -0.15) is 0 Å². The minimum atomic E-state index is -0.549. The van der Waals surface area contributed by atoms with Crippen LogP contribution in [0.3, 0.4) is 0 Å². The molecule has 1 aromatic carbocycles. The molecule has 3 aliphatic rings. The fourth-order valence-electron chi connectivity index (χ4n) is 4.85. The van der Waals surface area contributed by atoms with Crippen molar-refractivity contribution in [1.29, 1.82) is 0 Å². The molecular weight excluding hydrogens is 434 g/mol. The Morgan fingerprint density at radius 3 is 2.94 bits per heavy atom. The SMILES string of the molecule is O=C(Nc1nccs1)[C@H](CC1CCCCC1)N1CC2=C(Oc3cccc(Cl)c3C2)C1=O. The Hall–Kier alpha value is -2.38. The Morgan fingerprint density at radius 2 is 2.16 bits per heavy atom. The van der Waals surface area contributed by atoms with E-state index in [2.05, 4.69) is 10.3 Å². The summed E-state index contributed by atoms with van der Waals surface area (Å²) in [5, 5.41) is 5.92. The number of rotatable bonds is 5. The average molecular weight is 458 g/mol. The number of benzene rings is 1. The molecule has 1 atom stereocenters. The van der Waals surface area contributed by atoms with Crippen LogP contribution in [0.25, 0.3) is 0 Å². The molecule has 1 fully saturated rings. The number of fused-ring (bicyclic) bond motifs is 1. The molecule has 2 aromatic rings. The molecule has 5 rings (SSSR count). The minimum absolute atomic E-state index is 0.177. The van der Waals surface area contributed by atoms with E-state index < -0.39 is 6.04 Å². The first kappa shape index (κ1) is 20.5. The molecule has 2 amide bonds. The van der Waals surface area contributed by atoms with Crippen LogP contribution in [-0.2, 0) is 16.0 Å². The van der Waals surface area contributed by atoms with E-state index in [4.69, 9.17) is 16.3 Å². The number of hydrogen-bond donors (Lipinski definition) is 1. The molecule has 1 saturated carbocycles. The van der Waals surface area contributed by atoms with Crippen LogP contribution in [0, 0.1) is 5.92 Å². The van der Waals surface area contributed by atoms with E-state index in [1.165, 1.54) is 30.6 Å². The highest BCUT2D eigenvalue weighted by Gasteiger charge is 2.42. The molecule has 1 N–H and O–H groups in total. The van der Waals surface area contributed by atoms with Gasteiger partial charge in [-0.1, -0.05) is 49.8 Å². The Balaban J connectivity index is 1.38. The van der Waals surface area contributed by atoms with Crippen molar-refractivity contribution in [3.05, 3.63) is 51.7 Å². The van der Waals surface area contributed by atoms with Crippen LogP contribution in [0.5, 0.6) is 5.75 Å². The van der Waals surface area contributed by atoms with Gasteiger partial charge in [0.25, 0.3) is 5.91 Å². The Kier molecular flexibility index (Phi) is 5.71. The van der Waals surface area contributed by atoms with Crippen molar-refractivity contribution >= 4 is 39.9 Å².